The van der Waals surface area contributed by atoms with Crippen LogP contribution in [-0.4, -0.2) is 49.0 Å². The minimum atomic E-state index is 0.0987. The van der Waals surface area contributed by atoms with E-state index in [1.165, 1.54) is 44.5 Å². The highest BCUT2D eigenvalue weighted by Crippen LogP contribution is 2.57. The Labute approximate surface area is 520 Å². The van der Waals surface area contributed by atoms with Crippen LogP contribution in [0.5, 0.6) is 0 Å². The summed E-state index contributed by atoms with van der Waals surface area (Å²) < 4.78 is 4.47. The molecule has 0 fully saturated rings. The van der Waals surface area contributed by atoms with Crippen LogP contribution in [-0.2, 0) is 12.8 Å². The Balaban J connectivity index is 0.663. The molecule has 0 saturated heterocycles. The number of rotatable bonds is 12. The van der Waals surface area contributed by atoms with E-state index in [4.69, 9.17) is 39.9 Å². The third kappa shape index (κ3) is 9.02. The number of para-hydroxylation sites is 4. The Bertz CT molecular complexity index is 4920. The normalized spacial score (nSPS) is 13.8. The third-order valence-corrected chi connectivity index (χ3v) is 18.0. The Morgan fingerprint density at radius 3 is 0.878 bits per heavy atom. The third-order valence-electron chi connectivity index (χ3n) is 18.0. The number of fused-ring (bicyclic) bond motifs is 2. The van der Waals surface area contributed by atoms with Crippen molar-refractivity contribution in [2.75, 3.05) is 0 Å². The molecule has 0 N–H and O–H groups in total. The SMILES string of the molecule is CCc1nc2ccccc2n1-c1ccc(-c2nc(-c3ccccc3)nc(-c3ccc(-c4ccc5c(c4)C4c6ccccc6C5c5cc(-c6ccc(-c7nc(-c8ccccc8)nc(-c8ccc(-n9c(CC)nc%10ccccc%109)cc8)n7)cc6)ccc54)cc3)n2)cc1. The number of hydrogen-bond donors (Lipinski definition) is 0. The summed E-state index contributed by atoms with van der Waals surface area (Å²) in [6, 6.07) is 94.4. The van der Waals surface area contributed by atoms with E-state index in [1.807, 2.05) is 72.8 Å². The lowest BCUT2D eigenvalue weighted by Gasteiger charge is -2.42. The van der Waals surface area contributed by atoms with Crippen LogP contribution < -0.4 is 0 Å². The van der Waals surface area contributed by atoms with E-state index < -0.39 is 0 Å². The molecule has 10 heteroatoms. The summed E-state index contributed by atoms with van der Waals surface area (Å²) in [6.07, 6.45) is 1.64. The number of nitrogens with zero attached hydrogens (tertiary/aromatic N) is 10. The quantitative estimate of drug-likeness (QED) is 0.119. The molecule has 18 rings (SSSR count). The molecule has 2 unspecified atom stereocenters. The lowest BCUT2D eigenvalue weighted by Crippen LogP contribution is -2.27. The molecular weight excluding hydrogens is 1100 g/mol. The molecule has 0 aliphatic heterocycles. The van der Waals surface area contributed by atoms with Gasteiger partial charge in [0.15, 0.2) is 34.9 Å². The molecule has 0 spiro atoms. The van der Waals surface area contributed by atoms with Gasteiger partial charge >= 0.3 is 0 Å². The highest BCUT2D eigenvalue weighted by molar-refractivity contribution is 5.82. The Morgan fingerprint density at radius 2 is 0.522 bits per heavy atom. The molecule has 4 aromatic heterocycles. The molecule has 0 radical (unpaired) electrons. The zero-order valence-electron chi connectivity index (χ0n) is 49.4. The van der Waals surface area contributed by atoms with Crippen LogP contribution in [0.4, 0.5) is 0 Å². The fourth-order valence-corrected chi connectivity index (χ4v) is 13.6. The van der Waals surface area contributed by atoms with Gasteiger partial charge in [-0.15, -0.1) is 0 Å². The average Bonchev–Trinajstić information content (AvgIpc) is 0.943. The maximum atomic E-state index is 5.14. The molecule has 426 valence electrons. The first-order chi connectivity index (χ1) is 44.5. The van der Waals surface area contributed by atoms with E-state index in [1.54, 1.807) is 0 Å². The van der Waals surface area contributed by atoms with Crippen molar-refractivity contribution in [3.8, 4) is 102 Å². The second-order valence-corrected chi connectivity index (χ2v) is 23.2. The van der Waals surface area contributed by atoms with Crippen molar-refractivity contribution in [2.45, 2.75) is 38.5 Å². The first-order valence-electron chi connectivity index (χ1n) is 30.8. The van der Waals surface area contributed by atoms with Crippen LogP contribution in [0.1, 0.15) is 70.7 Å². The standard InChI is InChI=1S/C80H56N10/c1-3-71-81-67-23-13-15-25-69(67)89(71)59-41-35-55(36-42-59)79-85-75(51-17-7-5-8-18-51)83-77(87-79)53-31-27-49(28-32-53)57-39-45-63-65(47-57)73-61-21-11-12-22-62(61)74(63)66-48-58(40-46-64(66)73)50-29-33-54(34-30-50)78-84-76(52-19-9-6-10-20-52)86-80(88-78)56-37-43-60(44-38-56)90-70-26-16-14-24-68(70)82-72(90)4-2/h5-48,73-74H,3-4H2,1-2H3. The van der Waals surface area contributed by atoms with Crippen LogP contribution in [0.2, 0.25) is 0 Å². The number of hydrogen-bond acceptors (Lipinski definition) is 8. The zero-order chi connectivity index (χ0) is 59.8. The predicted molar refractivity (Wildman–Crippen MR) is 359 cm³/mol. The molecule has 0 saturated carbocycles. The van der Waals surface area contributed by atoms with E-state index in [-0.39, 0.29) is 11.8 Å². The fourth-order valence-electron chi connectivity index (χ4n) is 13.6. The Hall–Kier alpha value is -11.6. The minimum Gasteiger partial charge on any atom is -0.296 e. The number of aryl methyl sites for hydroxylation is 2. The molecular formula is C80H56N10. The summed E-state index contributed by atoms with van der Waals surface area (Å²) in [5, 5.41) is 0. The molecule has 2 bridgehead atoms. The summed E-state index contributed by atoms with van der Waals surface area (Å²) in [5.74, 6) is 5.96. The molecule has 4 heterocycles. The number of aromatic nitrogens is 10. The lowest BCUT2D eigenvalue weighted by molar-refractivity contribution is 0.755. The van der Waals surface area contributed by atoms with Gasteiger partial charge in [-0.25, -0.2) is 39.9 Å². The van der Waals surface area contributed by atoms with Gasteiger partial charge in [0.1, 0.15) is 11.6 Å². The molecule has 90 heavy (non-hydrogen) atoms. The summed E-state index contributed by atoms with van der Waals surface area (Å²) in [7, 11) is 0. The van der Waals surface area contributed by atoms with Gasteiger partial charge < -0.3 is 0 Å². The van der Waals surface area contributed by atoms with Crippen molar-refractivity contribution in [3.63, 3.8) is 0 Å². The smallest absolute Gasteiger partial charge is 0.164 e. The van der Waals surface area contributed by atoms with Crippen molar-refractivity contribution in [2.24, 2.45) is 0 Å². The van der Waals surface area contributed by atoms with Crippen molar-refractivity contribution in [1.82, 2.24) is 49.0 Å². The summed E-state index contributed by atoms with van der Waals surface area (Å²) in [6.45, 7) is 4.29. The van der Waals surface area contributed by atoms with Crippen LogP contribution in [0.25, 0.3) is 124 Å². The van der Waals surface area contributed by atoms with E-state index in [0.29, 0.717) is 34.9 Å². The Kier molecular flexibility index (Phi) is 12.7. The van der Waals surface area contributed by atoms with Gasteiger partial charge in [0.25, 0.3) is 0 Å². The molecule has 10 nitrogen and oxygen atoms in total. The summed E-state index contributed by atoms with van der Waals surface area (Å²) >= 11 is 0. The molecule has 2 atom stereocenters. The summed E-state index contributed by atoms with van der Waals surface area (Å²) in [4.78, 5) is 40.4. The lowest BCUT2D eigenvalue weighted by atomic mass is 9.60. The maximum absolute atomic E-state index is 5.14. The molecule has 15 aromatic rings. The van der Waals surface area contributed by atoms with Crippen LogP contribution in [0, 0.1) is 0 Å². The highest BCUT2D eigenvalue weighted by atomic mass is 15.1. The van der Waals surface area contributed by atoms with E-state index in [9.17, 15) is 0 Å². The van der Waals surface area contributed by atoms with Gasteiger partial charge in [-0.1, -0.05) is 196 Å². The largest absolute Gasteiger partial charge is 0.296 e. The van der Waals surface area contributed by atoms with Crippen molar-refractivity contribution >= 4 is 22.1 Å². The molecule has 0 amide bonds. The fraction of sp³-hybridized carbons (Fsp3) is 0.0750. The monoisotopic (exact) mass is 1160 g/mol. The summed E-state index contributed by atoms with van der Waals surface area (Å²) in [5.41, 5.74) is 24.5. The first-order valence-corrected chi connectivity index (χ1v) is 30.8. The van der Waals surface area contributed by atoms with Crippen LogP contribution >= 0.6 is 0 Å². The first kappa shape index (κ1) is 52.7. The van der Waals surface area contributed by atoms with Gasteiger partial charge in [0.05, 0.1) is 22.1 Å². The zero-order valence-corrected chi connectivity index (χ0v) is 49.4. The van der Waals surface area contributed by atoms with Crippen molar-refractivity contribution in [3.05, 3.63) is 312 Å². The molecule has 11 aromatic carbocycles. The average molecular weight is 1160 g/mol. The Morgan fingerprint density at radius 1 is 0.244 bits per heavy atom. The highest BCUT2D eigenvalue weighted by Gasteiger charge is 2.41. The van der Waals surface area contributed by atoms with Crippen LogP contribution in [0.15, 0.2) is 267 Å². The molecule has 3 aliphatic rings. The van der Waals surface area contributed by atoms with Gasteiger partial charge in [-0.2, -0.15) is 0 Å². The second-order valence-electron chi connectivity index (χ2n) is 23.2. The van der Waals surface area contributed by atoms with Gasteiger partial charge in [-0.05, 0) is 141 Å². The number of benzene rings is 11. The van der Waals surface area contributed by atoms with Gasteiger partial charge in [0.2, 0.25) is 0 Å². The van der Waals surface area contributed by atoms with Crippen molar-refractivity contribution < 1.29 is 0 Å². The number of imidazole rings is 2. The van der Waals surface area contributed by atoms with E-state index >= 15 is 0 Å². The van der Waals surface area contributed by atoms with Crippen LogP contribution in [0.3, 0.4) is 0 Å². The predicted octanol–water partition coefficient (Wildman–Crippen LogP) is 18.2. The second kappa shape index (κ2) is 21.7. The van der Waals surface area contributed by atoms with E-state index in [0.717, 1.165) is 102 Å². The van der Waals surface area contributed by atoms with E-state index in [2.05, 4.69) is 217 Å². The van der Waals surface area contributed by atoms with Crippen molar-refractivity contribution in [1.29, 1.82) is 0 Å². The van der Waals surface area contributed by atoms with Gasteiger partial charge in [-0.3, -0.25) is 9.13 Å². The molecule has 3 aliphatic carbocycles. The van der Waals surface area contributed by atoms with Gasteiger partial charge in [0, 0.05) is 69.4 Å². The minimum absolute atomic E-state index is 0.0987. The maximum Gasteiger partial charge on any atom is 0.164 e. The topological polar surface area (TPSA) is 113 Å².